The van der Waals surface area contributed by atoms with Crippen LogP contribution in [0.1, 0.15) is 44.6 Å². The van der Waals surface area contributed by atoms with E-state index in [-0.39, 0.29) is 17.8 Å². The predicted octanol–water partition coefficient (Wildman–Crippen LogP) is 2.20. The molecule has 2 aliphatic rings. The van der Waals surface area contributed by atoms with Gasteiger partial charge in [0, 0.05) is 6.92 Å². The van der Waals surface area contributed by atoms with Gasteiger partial charge in [0.2, 0.25) is 17.8 Å². The molecule has 0 bridgehead atoms. The van der Waals surface area contributed by atoms with E-state index in [1.807, 2.05) is 0 Å². The molecule has 8 heteroatoms. The average molecular weight is 346 g/mol. The number of guanidine groups is 2. The third-order valence-corrected chi connectivity index (χ3v) is 4.67. The van der Waals surface area contributed by atoms with Gasteiger partial charge in [-0.05, 0) is 50.3 Å². The molecule has 1 amide bonds. The first kappa shape index (κ1) is 17.2. The fourth-order valence-electron chi connectivity index (χ4n) is 3.71. The Morgan fingerprint density at radius 3 is 2.60 bits per heavy atom. The van der Waals surface area contributed by atoms with Crippen LogP contribution >= 0.6 is 0 Å². The molecule has 1 fully saturated rings. The van der Waals surface area contributed by atoms with Crippen LogP contribution in [0.25, 0.3) is 0 Å². The Morgan fingerprint density at radius 2 is 1.96 bits per heavy atom. The fourth-order valence-corrected chi connectivity index (χ4v) is 3.71. The lowest BCUT2D eigenvalue weighted by molar-refractivity contribution is -0.114. The van der Waals surface area contributed by atoms with E-state index in [1.165, 1.54) is 19.1 Å². The number of amides is 1. The molecule has 134 valence electrons. The normalized spacial score (nSPS) is 19.4. The highest BCUT2D eigenvalue weighted by Gasteiger charge is 2.43. The molecule has 3 rings (SSSR count). The van der Waals surface area contributed by atoms with E-state index < -0.39 is 11.5 Å². The maximum atomic E-state index is 14.2. The highest BCUT2D eigenvalue weighted by molar-refractivity contribution is 6.08. The zero-order valence-electron chi connectivity index (χ0n) is 14.5. The minimum Gasteiger partial charge on any atom is -0.369 e. The minimum absolute atomic E-state index is 0.129. The van der Waals surface area contributed by atoms with Gasteiger partial charge < -0.3 is 16.8 Å². The number of aliphatic imine (C=N–C) groups is 2. The molecule has 1 heterocycles. The molecule has 7 nitrogen and oxygen atoms in total. The molecule has 1 aliphatic heterocycles. The van der Waals surface area contributed by atoms with Crippen molar-refractivity contribution in [2.75, 3.05) is 10.2 Å². The molecule has 25 heavy (non-hydrogen) atoms. The van der Waals surface area contributed by atoms with Crippen LogP contribution in [0.15, 0.2) is 22.1 Å². The standard InChI is InChI=1S/C17H23FN6O/c1-10-8-12(18)9-13(14(10)21-11(2)25)24-16(20)22-15(19)23-17(24)6-4-3-5-7-17/h8-9H,3-7H2,1-2H3,(H,21,25)(H4,19,20,22,23). The lowest BCUT2D eigenvalue weighted by atomic mass is 9.87. The van der Waals surface area contributed by atoms with E-state index in [2.05, 4.69) is 15.3 Å². The summed E-state index contributed by atoms with van der Waals surface area (Å²) < 4.78 is 14.2. The second-order valence-corrected chi connectivity index (χ2v) is 6.62. The van der Waals surface area contributed by atoms with Gasteiger partial charge in [-0.1, -0.05) is 6.42 Å². The summed E-state index contributed by atoms with van der Waals surface area (Å²) in [4.78, 5) is 22.0. The predicted molar refractivity (Wildman–Crippen MR) is 97.0 cm³/mol. The van der Waals surface area contributed by atoms with Crippen LogP contribution in [0.4, 0.5) is 15.8 Å². The first-order chi connectivity index (χ1) is 11.8. The summed E-state index contributed by atoms with van der Waals surface area (Å²) in [6, 6.07) is 2.73. The van der Waals surface area contributed by atoms with Gasteiger partial charge in [-0.3, -0.25) is 9.69 Å². The number of hydrogen-bond acceptors (Lipinski definition) is 6. The maximum Gasteiger partial charge on any atom is 0.221 e. The first-order valence-electron chi connectivity index (χ1n) is 8.40. The van der Waals surface area contributed by atoms with Crippen LogP contribution in [0.5, 0.6) is 0 Å². The molecule has 1 spiro atoms. The monoisotopic (exact) mass is 346 g/mol. The Bertz CT molecular complexity index is 767. The molecule has 0 unspecified atom stereocenters. The SMILES string of the molecule is CC(=O)Nc1c(C)cc(F)cc1N1C(N)=NC(N)=NC12CCCCC2. The number of aryl methyl sites for hydroxylation is 1. The molecule has 1 aliphatic carbocycles. The largest absolute Gasteiger partial charge is 0.369 e. The number of carbonyl (C=O) groups excluding carboxylic acids is 1. The van der Waals surface area contributed by atoms with Gasteiger partial charge in [0.1, 0.15) is 11.5 Å². The minimum atomic E-state index is -0.693. The molecule has 0 saturated heterocycles. The Morgan fingerprint density at radius 1 is 1.28 bits per heavy atom. The smallest absolute Gasteiger partial charge is 0.221 e. The van der Waals surface area contributed by atoms with E-state index in [4.69, 9.17) is 11.5 Å². The molecule has 0 radical (unpaired) electrons. The quantitative estimate of drug-likeness (QED) is 0.762. The molecular weight excluding hydrogens is 323 g/mol. The van der Waals surface area contributed by atoms with E-state index in [0.717, 1.165) is 32.1 Å². The van der Waals surface area contributed by atoms with Crippen LogP contribution in [0.3, 0.4) is 0 Å². The Labute approximate surface area is 146 Å². The Hall–Kier alpha value is -2.64. The molecule has 1 saturated carbocycles. The van der Waals surface area contributed by atoms with E-state index >= 15 is 0 Å². The van der Waals surface area contributed by atoms with Gasteiger partial charge >= 0.3 is 0 Å². The van der Waals surface area contributed by atoms with Gasteiger partial charge in [-0.25, -0.2) is 9.38 Å². The summed E-state index contributed by atoms with van der Waals surface area (Å²) in [6.45, 7) is 3.15. The molecule has 1 aromatic rings. The van der Waals surface area contributed by atoms with Gasteiger partial charge in [0.05, 0.1) is 11.4 Å². The third-order valence-electron chi connectivity index (χ3n) is 4.67. The topological polar surface area (TPSA) is 109 Å². The molecule has 1 aromatic carbocycles. The maximum absolute atomic E-state index is 14.2. The van der Waals surface area contributed by atoms with Crippen molar-refractivity contribution in [3.8, 4) is 0 Å². The zero-order valence-corrected chi connectivity index (χ0v) is 14.5. The van der Waals surface area contributed by atoms with Gasteiger partial charge in [-0.2, -0.15) is 4.99 Å². The van der Waals surface area contributed by atoms with E-state index in [9.17, 15) is 9.18 Å². The van der Waals surface area contributed by atoms with Gasteiger partial charge in [-0.15, -0.1) is 0 Å². The first-order valence-corrected chi connectivity index (χ1v) is 8.40. The van der Waals surface area contributed by atoms with Crippen LogP contribution in [-0.2, 0) is 4.79 Å². The number of nitrogens with two attached hydrogens (primary N) is 2. The summed E-state index contributed by atoms with van der Waals surface area (Å²) >= 11 is 0. The van der Waals surface area contributed by atoms with Gasteiger partial charge in [0.25, 0.3) is 0 Å². The van der Waals surface area contributed by atoms with Crippen molar-refractivity contribution in [3.63, 3.8) is 0 Å². The average Bonchev–Trinajstić information content (AvgIpc) is 2.50. The number of anilines is 2. The summed E-state index contributed by atoms with van der Waals surface area (Å²) in [5, 5.41) is 2.78. The number of nitrogens with one attached hydrogen (secondary N) is 1. The van der Waals surface area contributed by atoms with Crippen molar-refractivity contribution >= 4 is 29.2 Å². The lowest BCUT2D eigenvalue weighted by Gasteiger charge is -2.46. The van der Waals surface area contributed by atoms with Crippen molar-refractivity contribution in [1.82, 2.24) is 0 Å². The van der Waals surface area contributed by atoms with Crippen molar-refractivity contribution in [2.45, 2.75) is 51.6 Å². The highest BCUT2D eigenvalue weighted by Crippen LogP contribution is 2.43. The molecule has 5 N–H and O–H groups in total. The number of rotatable bonds is 2. The van der Waals surface area contributed by atoms with Crippen molar-refractivity contribution < 1.29 is 9.18 Å². The third kappa shape index (κ3) is 3.16. The summed E-state index contributed by atoms with van der Waals surface area (Å²) in [7, 11) is 0. The van der Waals surface area contributed by atoms with Crippen LogP contribution in [-0.4, -0.2) is 23.5 Å². The number of halogens is 1. The molecule has 0 atom stereocenters. The van der Waals surface area contributed by atoms with Crippen LogP contribution in [0.2, 0.25) is 0 Å². The van der Waals surface area contributed by atoms with Crippen molar-refractivity contribution in [3.05, 3.63) is 23.5 Å². The highest BCUT2D eigenvalue weighted by atomic mass is 19.1. The van der Waals surface area contributed by atoms with Crippen molar-refractivity contribution in [2.24, 2.45) is 21.5 Å². The summed E-state index contributed by atoms with van der Waals surface area (Å²) in [5.74, 6) is -0.372. The lowest BCUT2D eigenvalue weighted by Crippen LogP contribution is -2.58. The second kappa shape index (κ2) is 6.34. The van der Waals surface area contributed by atoms with E-state index in [1.54, 1.807) is 11.8 Å². The number of benzene rings is 1. The van der Waals surface area contributed by atoms with Gasteiger partial charge in [0.15, 0.2) is 0 Å². The Kier molecular flexibility index (Phi) is 4.36. The van der Waals surface area contributed by atoms with Crippen LogP contribution < -0.4 is 21.7 Å². The number of carbonyl (C=O) groups is 1. The second-order valence-electron chi connectivity index (χ2n) is 6.62. The summed E-state index contributed by atoms with van der Waals surface area (Å²) in [5.41, 5.74) is 12.9. The number of nitrogens with zero attached hydrogens (tertiary/aromatic N) is 3. The molecule has 0 aromatic heterocycles. The van der Waals surface area contributed by atoms with E-state index in [0.29, 0.717) is 16.9 Å². The van der Waals surface area contributed by atoms with Crippen molar-refractivity contribution in [1.29, 1.82) is 0 Å². The fraction of sp³-hybridized carbons (Fsp3) is 0.471. The van der Waals surface area contributed by atoms with Crippen LogP contribution in [0, 0.1) is 12.7 Å². The Balaban J connectivity index is 2.19. The zero-order chi connectivity index (χ0) is 18.2. The number of hydrogen-bond donors (Lipinski definition) is 3. The summed E-state index contributed by atoms with van der Waals surface area (Å²) in [6.07, 6.45) is 4.50. The molecular formula is C17H23FN6O.